The molecule has 1 N–H and O–H groups in total. The van der Waals surface area contributed by atoms with Gasteiger partial charge >= 0.3 is 0 Å². The third-order valence-electron chi connectivity index (χ3n) is 4.80. The first-order valence-corrected chi connectivity index (χ1v) is 9.95. The highest BCUT2D eigenvalue weighted by molar-refractivity contribution is 7.12. The number of unbranched alkanes of at least 4 members (excludes halogenated alkanes) is 6. The van der Waals surface area contributed by atoms with E-state index >= 15 is 0 Å². The van der Waals surface area contributed by atoms with E-state index in [0.717, 1.165) is 0 Å². The lowest BCUT2D eigenvalue weighted by molar-refractivity contribution is 0.501. The fourth-order valence-corrected chi connectivity index (χ4v) is 4.82. The van der Waals surface area contributed by atoms with Crippen molar-refractivity contribution in [1.29, 1.82) is 0 Å². The van der Waals surface area contributed by atoms with Crippen molar-refractivity contribution in [3.05, 3.63) is 21.4 Å². The van der Waals surface area contributed by atoms with Gasteiger partial charge in [0.1, 0.15) is 0 Å². The number of rotatable bonds is 10. The molecule has 1 aliphatic carbocycles. The molecule has 0 radical (unpaired) electrons. The Balaban J connectivity index is 1.71. The number of nitrogens with one attached hydrogen (secondary N) is 1. The van der Waals surface area contributed by atoms with Crippen LogP contribution in [0.4, 0.5) is 0 Å². The van der Waals surface area contributed by atoms with Crippen molar-refractivity contribution in [1.82, 2.24) is 5.32 Å². The van der Waals surface area contributed by atoms with Gasteiger partial charge in [-0.05, 0) is 50.8 Å². The highest BCUT2D eigenvalue weighted by Crippen LogP contribution is 2.34. The maximum Gasteiger partial charge on any atom is 0.0412 e. The Morgan fingerprint density at radius 3 is 2.48 bits per heavy atom. The van der Waals surface area contributed by atoms with E-state index in [-0.39, 0.29) is 0 Å². The van der Waals surface area contributed by atoms with E-state index in [1.807, 2.05) is 0 Å². The minimum atomic E-state index is 0.594. The van der Waals surface area contributed by atoms with Crippen LogP contribution in [0.25, 0.3) is 0 Å². The third kappa shape index (κ3) is 5.41. The van der Waals surface area contributed by atoms with Gasteiger partial charge in [0, 0.05) is 15.8 Å². The smallest absolute Gasteiger partial charge is 0.0412 e. The molecule has 2 rings (SSSR count). The van der Waals surface area contributed by atoms with Crippen molar-refractivity contribution >= 4 is 11.3 Å². The maximum absolute atomic E-state index is 3.55. The lowest BCUT2D eigenvalue weighted by Gasteiger charge is -2.14. The van der Waals surface area contributed by atoms with Crippen LogP contribution in [0.2, 0.25) is 0 Å². The minimum absolute atomic E-state index is 0.594. The van der Waals surface area contributed by atoms with Gasteiger partial charge in [-0.1, -0.05) is 51.9 Å². The van der Waals surface area contributed by atoms with Crippen LogP contribution in [0.5, 0.6) is 0 Å². The summed E-state index contributed by atoms with van der Waals surface area (Å²) in [6.45, 7) is 2.29. The van der Waals surface area contributed by atoms with Crippen LogP contribution in [0.15, 0.2) is 6.07 Å². The van der Waals surface area contributed by atoms with Gasteiger partial charge in [-0.25, -0.2) is 0 Å². The Hall–Kier alpha value is -0.340. The summed E-state index contributed by atoms with van der Waals surface area (Å²) in [7, 11) is 2.13. The first kappa shape index (κ1) is 17.0. The zero-order valence-corrected chi connectivity index (χ0v) is 14.9. The molecule has 1 aromatic heterocycles. The van der Waals surface area contributed by atoms with Crippen LogP contribution >= 0.6 is 11.3 Å². The third-order valence-corrected chi connectivity index (χ3v) is 6.15. The molecule has 0 amide bonds. The normalized spacial score (nSPS) is 15.9. The van der Waals surface area contributed by atoms with Crippen LogP contribution < -0.4 is 5.32 Å². The minimum Gasteiger partial charge on any atom is -0.312 e. The lowest BCUT2D eigenvalue weighted by atomic mass is 9.98. The molecule has 0 spiro atoms. The average Bonchev–Trinajstić information content (AvgIpc) is 2.94. The van der Waals surface area contributed by atoms with Gasteiger partial charge in [-0.2, -0.15) is 0 Å². The van der Waals surface area contributed by atoms with Gasteiger partial charge < -0.3 is 5.32 Å². The molecule has 0 aromatic carbocycles. The first-order valence-electron chi connectivity index (χ1n) is 9.14. The second-order valence-electron chi connectivity index (χ2n) is 6.56. The molecule has 1 nitrogen and oxygen atoms in total. The monoisotopic (exact) mass is 307 g/mol. The molecule has 1 unspecified atom stereocenters. The SMILES string of the molecule is CCCCCCCCCC(NC)c1cc2c(s1)CCCC2. The highest BCUT2D eigenvalue weighted by atomic mass is 32.1. The van der Waals surface area contributed by atoms with E-state index in [1.165, 1.54) is 77.0 Å². The van der Waals surface area contributed by atoms with Crippen molar-refractivity contribution in [3.63, 3.8) is 0 Å². The molecule has 21 heavy (non-hydrogen) atoms. The predicted octanol–water partition coefficient (Wildman–Crippen LogP) is 6.03. The lowest BCUT2D eigenvalue weighted by Crippen LogP contribution is -2.14. The summed E-state index contributed by atoms with van der Waals surface area (Å²) in [5.41, 5.74) is 1.65. The Bertz CT molecular complexity index is 373. The highest BCUT2D eigenvalue weighted by Gasteiger charge is 2.17. The van der Waals surface area contributed by atoms with Gasteiger partial charge in [0.25, 0.3) is 0 Å². The molecular weight excluding hydrogens is 274 g/mol. The fourth-order valence-electron chi connectivity index (χ4n) is 3.42. The molecule has 1 heterocycles. The molecular formula is C19H33NS. The molecule has 1 aromatic rings. The van der Waals surface area contributed by atoms with Crippen molar-refractivity contribution in [2.24, 2.45) is 0 Å². The molecule has 1 atom stereocenters. The van der Waals surface area contributed by atoms with E-state index < -0.39 is 0 Å². The summed E-state index contributed by atoms with van der Waals surface area (Å²) in [4.78, 5) is 3.27. The second-order valence-corrected chi connectivity index (χ2v) is 7.72. The van der Waals surface area contributed by atoms with Gasteiger partial charge in [-0.15, -0.1) is 11.3 Å². The first-order chi connectivity index (χ1) is 10.3. The molecule has 2 heteroatoms. The van der Waals surface area contributed by atoms with E-state index in [2.05, 4.69) is 36.7 Å². The van der Waals surface area contributed by atoms with Crippen molar-refractivity contribution in [2.75, 3.05) is 7.05 Å². The number of hydrogen-bond acceptors (Lipinski definition) is 2. The largest absolute Gasteiger partial charge is 0.312 e. The Morgan fingerprint density at radius 2 is 1.76 bits per heavy atom. The standard InChI is InChI=1S/C19H33NS/c1-3-4-5-6-7-8-9-13-17(20-2)19-15-16-12-10-11-14-18(16)21-19/h15,17,20H,3-14H2,1-2H3. The van der Waals surface area contributed by atoms with Crippen LogP contribution in [-0.4, -0.2) is 7.05 Å². The van der Waals surface area contributed by atoms with Crippen molar-refractivity contribution < 1.29 is 0 Å². The van der Waals surface area contributed by atoms with E-state index in [4.69, 9.17) is 0 Å². The average molecular weight is 308 g/mol. The quantitative estimate of drug-likeness (QED) is 0.520. The molecule has 0 saturated carbocycles. The molecule has 0 bridgehead atoms. The zero-order chi connectivity index (χ0) is 14.9. The molecule has 120 valence electrons. The molecule has 1 aliphatic rings. The maximum atomic E-state index is 3.55. The number of fused-ring (bicyclic) bond motifs is 1. The Morgan fingerprint density at radius 1 is 1.05 bits per heavy atom. The number of hydrogen-bond donors (Lipinski definition) is 1. The Labute approximate surface area is 135 Å². The summed E-state index contributed by atoms with van der Waals surface area (Å²) < 4.78 is 0. The van der Waals surface area contributed by atoms with Gasteiger partial charge in [0.05, 0.1) is 0 Å². The van der Waals surface area contributed by atoms with Gasteiger partial charge in [0.2, 0.25) is 0 Å². The summed E-state index contributed by atoms with van der Waals surface area (Å²) >= 11 is 2.08. The fraction of sp³-hybridized carbons (Fsp3) is 0.789. The Kier molecular flexibility index (Phi) is 7.81. The molecule has 0 aliphatic heterocycles. The topological polar surface area (TPSA) is 12.0 Å². The number of aryl methyl sites for hydroxylation is 2. The number of thiophene rings is 1. The summed E-state index contributed by atoms with van der Waals surface area (Å²) in [5, 5.41) is 3.55. The van der Waals surface area contributed by atoms with E-state index in [1.54, 1.807) is 15.3 Å². The summed E-state index contributed by atoms with van der Waals surface area (Å²) in [6.07, 6.45) is 16.6. The molecule has 0 fully saturated rings. The predicted molar refractivity (Wildman–Crippen MR) is 95.4 cm³/mol. The molecule has 0 saturated heterocycles. The van der Waals surface area contributed by atoms with E-state index in [0.29, 0.717) is 6.04 Å². The second kappa shape index (κ2) is 9.63. The van der Waals surface area contributed by atoms with Crippen LogP contribution in [0.3, 0.4) is 0 Å². The van der Waals surface area contributed by atoms with Crippen LogP contribution in [-0.2, 0) is 12.8 Å². The van der Waals surface area contributed by atoms with Crippen LogP contribution in [0, 0.1) is 0 Å². The van der Waals surface area contributed by atoms with Crippen molar-refractivity contribution in [3.8, 4) is 0 Å². The summed E-state index contributed by atoms with van der Waals surface area (Å²) in [5.74, 6) is 0. The summed E-state index contributed by atoms with van der Waals surface area (Å²) in [6, 6.07) is 3.10. The van der Waals surface area contributed by atoms with Crippen LogP contribution in [0.1, 0.15) is 92.5 Å². The zero-order valence-electron chi connectivity index (χ0n) is 14.0. The van der Waals surface area contributed by atoms with Crippen molar-refractivity contribution in [2.45, 2.75) is 90.0 Å². The van der Waals surface area contributed by atoms with E-state index in [9.17, 15) is 0 Å². The van der Waals surface area contributed by atoms with Gasteiger partial charge in [0.15, 0.2) is 0 Å². The van der Waals surface area contributed by atoms with Gasteiger partial charge in [-0.3, -0.25) is 0 Å².